The van der Waals surface area contributed by atoms with Crippen molar-refractivity contribution in [3.05, 3.63) is 187 Å². The van der Waals surface area contributed by atoms with E-state index < -0.39 is 0 Å². The van der Waals surface area contributed by atoms with Crippen molar-refractivity contribution in [3.63, 3.8) is 0 Å². The second-order valence-corrected chi connectivity index (χ2v) is 15.2. The maximum absolute atomic E-state index is 8.88. The second kappa shape index (κ2) is 12.7. The number of fused-ring (bicyclic) bond motifs is 9. The van der Waals surface area contributed by atoms with Crippen LogP contribution in [0.3, 0.4) is 0 Å². The predicted molar refractivity (Wildman–Crippen MR) is 236 cm³/mol. The van der Waals surface area contributed by atoms with Gasteiger partial charge < -0.3 is 14.7 Å². The second-order valence-electron chi connectivity index (χ2n) is 14.1. The first kappa shape index (κ1) is 32.2. The first-order chi connectivity index (χ1) is 27.6. The van der Waals surface area contributed by atoms with Crippen molar-refractivity contribution in [1.29, 1.82) is 5.41 Å². The van der Waals surface area contributed by atoms with Crippen molar-refractivity contribution in [2.75, 3.05) is 0 Å². The molecule has 0 aliphatic rings. The molecule has 0 bridgehead atoms. The number of para-hydroxylation sites is 2. The van der Waals surface area contributed by atoms with Crippen LogP contribution < -0.4 is 5.73 Å². The Bertz CT molecular complexity index is 3330. The van der Waals surface area contributed by atoms with Gasteiger partial charge in [0.1, 0.15) is 17.0 Å². The summed E-state index contributed by atoms with van der Waals surface area (Å²) < 4.78 is 11.3. The Balaban J connectivity index is 1.08. The van der Waals surface area contributed by atoms with Crippen LogP contribution in [0.1, 0.15) is 11.1 Å². The molecule has 0 unspecified atom stereocenters. The Morgan fingerprint density at radius 2 is 1.20 bits per heavy atom. The Kier molecular flexibility index (Phi) is 7.27. The number of benzene rings is 8. The third-order valence-electron chi connectivity index (χ3n) is 10.9. The first-order valence-corrected chi connectivity index (χ1v) is 19.4. The van der Waals surface area contributed by atoms with Crippen LogP contribution in [-0.2, 0) is 0 Å². The largest absolute Gasteiger partial charge is 0.456 e. The van der Waals surface area contributed by atoms with Gasteiger partial charge in [-0.25, -0.2) is 4.99 Å². The van der Waals surface area contributed by atoms with Gasteiger partial charge in [0.05, 0.1) is 11.0 Å². The summed E-state index contributed by atoms with van der Waals surface area (Å²) in [6.07, 6.45) is 0. The van der Waals surface area contributed by atoms with Gasteiger partial charge in [0, 0.05) is 58.5 Å². The van der Waals surface area contributed by atoms with Crippen molar-refractivity contribution in [2.24, 2.45) is 10.7 Å². The normalized spacial score (nSPS) is 12.2. The van der Waals surface area contributed by atoms with Gasteiger partial charge in [0.2, 0.25) is 0 Å². The highest BCUT2D eigenvalue weighted by Crippen LogP contribution is 2.44. The molecule has 0 saturated heterocycles. The van der Waals surface area contributed by atoms with E-state index in [0.29, 0.717) is 5.56 Å². The van der Waals surface area contributed by atoms with Gasteiger partial charge in [0.25, 0.3) is 0 Å². The minimum atomic E-state index is 0.0983. The summed E-state index contributed by atoms with van der Waals surface area (Å²) in [6, 6.07) is 61.0. The predicted octanol–water partition coefficient (Wildman–Crippen LogP) is 13.1. The molecule has 8 aromatic carbocycles. The van der Waals surface area contributed by atoms with Crippen LogP contribution in [0.4, 0.5) is 0 Å². The van der Waals surface area contributed by atoms with E-state index in [1.165, 1.54) is 42.0 Å². The van der Waals surface area contributed by atoms with E-state index in [-0.39, 0.29) is 11.7 Å². The molecule has 0 aliphatic carbocycles. The Morgan fingerprint density at radius 3 is 1.96 bits per heavy atom. The minimum absolute atomic E-state index is 0.0983. The zero-order valence-corrected chi connectivity index (χ0v) is 30.8. The highest BCUT2D eigenvalue weighted by atomic mass is 32.1. The summed E-state index contributed by atoms with van der Waals surface area (Å²) in [5.74, 6) is 0.363. The molecular weight excluding hydrogens is 705 g/mol. The highest BCUT2D eigenvalue weighted by molar-refractivity contribution is 7.26. The number of aliphatic imine (C=N–C) groups is 1. The summed E-state index contributed by atoms with van der Waals surface area (Å²) in [7, 11) is 0. The lowest BCUT2D eigenvalue weighted by Crippen LogP contribution is -2.16. The SMILES string of the molecule is N=C(N=C(N)c1cccc2oc3ccc(-c4cc(-n5c6ccccc6c6ccccc65)cc5sc6ccccc6c45)cc3c12)c1ccc(-c2ccccc2)cc1. The highest BCUT2D eigenvalue weighted by Gasteiger charge is 2.20. The summed E-state index contributed by atoms with van der Waals surface area (Å²) in [5, 5.41) is 15.6. The lowest BCUT2D eigenvalue weighted by Gasteiger charge is -2.13. The molecule has 11 aromatic rings. The number of nitrogens with one attached hydrogen (secondary N) is 1. The fraction of sp³-hybridized carbons (Fsp3) is 0. The van der Waals surface area contributed by atoms with E-state index >= 15 is 0 Å². The molecule has 3 N–H and O–H groups in total. The summed E-state index contributed by atoms with van der Waals surface area (Å²) >= 11 is 1.83. The van der Waals surface area contributed by atoms with Crippen LogP contribution >= 0.6 is 11.3 Å². The topological polar surface area (TPSA) is 80.3 Å². The Morgan fingerprint density at radius 1 is 0.536 bits per heavy atom. The van der Waals surface area contributed by atoms with Crippen molar-refractivity contribution >= 4 is 86.9 Å². The number of hydrogen-bond acceptors (Lipinski definition) is 3. The lowest BCUT2D eigenvalue weighted by atomic mass is 9.96. The van der Waals surface area contributed by atoms with Crippen LogP contribution in [0.25, 0.3) is 91.9 Å². The van der Waals surface area contributed by atoms with Crippen molar-refractivity contribution in [2.45, 2.75) is 0 Å². The monoisotopic (exact) mass is 736 g/mol. The first-order valence-electron chi connectivity index (χ1n) is 18.6. The number of furan rings is 1. The van der Waals surface area contributed by atoms with Gasteiger partial charge >= 0.3 is 0 Å². The molecule has 0 radical (unpaired) electrons. The van der Waals surface area contributed by atoms with Crippen molar-refractivity contribution in [1.82, 2.24) is 4.57 Å². The van der Waals surface area contributed by atoms with E-state index in [2.05, 4.69) is 125 Å². The molecule has 0 fully saturated rings. The molecule has 0 spiro atoms. The molecule has 6 heteroatoms. The molecule has 0 atom stereocenters. The number of hydrogen-bond donors (Lipinski definition) is 2. The van der Waals surface area contributed by atoms with Gasteiger partial charge in [-0.15, -0.1) is 11.3 Å². The number of amidine groups is 2. The van der Waals surface area contributed by atoms with Crippen molar-refractivity contribution in [3.8, 4) is 27.9 Å². The molecule has 0 saturated carbocycles. The zero-order chi connectivity index (χ0) is 37.3. The third kappa shape index (κ3) is 5.08. The third-order valence-corrected chi connectivity index (χ3v) is 12.0. The van der Waals surface area contributed by atoms with Gasteiger partial charge in [-0.1, -0.05) is 127 Å². The van der Waals surface area contributed by atoms with Crippen LogP contribution in [0.15, 0.2) is 185 Å². The molecule has 264 valence electrons. The van der Waals surface area contributed by atoms with Gasteiger partial charge in [-0.3, -0.25) is 5.41 Å². The number of aromatic nitrogens is 1. The van der Waals surface area contributed by atoms with Gasteiger partial charge in [-0.05, 0) is 70.8 Å². The average molecular weight is 737 g/mol. The minimum Gasteiger partial charge on any atom is -0.456 e. The molecule has 56 heavy (non-hydrogen) atoms. The van der Waals surface area contributed by atoms with E-state index in [1.807, 2.05) is 72.0 Å². The quantitative estimate of drug-likeness (QED) is 0.136. The standard InChI is InChI=1S/C50H32N4OS/c51-49(32-23-21-31(22-24-32)30-11-2-1-3-12-30)53-50(52)38-16-10-19-44-47(38)40-27-33(25-26-43(40)55-44)39-28-34(29-46-48(39)37-15-6-9-20-45(37)56-46)54-41-17-7-4-13-35(41)36-14-5-8-18-42(36)54/h1-29H,(H3,51,52,53). The van der Waals surface area contributed by atoms with Crippen LogP contribution in [0, 0.1) is 5.41 Å². The smallest absolute Gasteiger partial charge is 0.154 e. The fourth-order valence-corrected chi connectivity index (χ4v) is 9.47. The Labute approximate surface area is 325 Å². The van der Waals surface area contributed by atoms with Gasteiger partial charge in [0.15, 0.2) is 5.84 Å². The van der Waals surface area contributed by atoms with Gasteiger partial charge in [-0.2, -0.15) is 0 Å². The Hall–Kier alpha value is -7.28. The maximum Gasteiger partial charge on any atom is 0.154 e. The van der Waals surface area contributed by atoms with Crippen LogP contribution in [0.2, 0.25) is 0 Å². The summed E-state index contributed by atoms with van der Waals surface area (Å²) in [4.78, 5) is 4.63. The van der Waals surface area contributed by atoms with E-state index in [9.17, 15) is 0 Å². The molecule has 3 heterocycles. The molecule has 11 rings (SSSR count). The van der Waals surface area contributed by atoms with Crippen LogP contribution in [-0.4, -0.2) is 16.2 Å². The summed E-state index contributed by atoms with van der Waals surface area (Å²) in [6.45, 7) is 0. The number of thiophene rings is 1. The fourth-order valence-electron chi connectivity index (χ4n) is 8.30. The summed E-state index contributed by atoms with van der Waals surface area (Å²) in [5.41, 5.74) is 17.6. The molecule has 5 nitrogen and oxygen atoms in total. The zero-order valence-electron chi connectivity index (χ0n) is 30.0. The average Bonchev–Trinajstić information content (AvgIpc) is 3.93. The van der Waals surface area contributed by atoms with E-state index in [4.69, 9.17) is 15.6 Å². The van der Waals surface area contributed by atoms with E-state index in [0.717, 1.165) is 55.4 Å². The maximum atomic E-state index is 8.88. The molecular formula is C50H32N4OS. The van der Waals surface area contributed by atoms with Crippen molar-refractivity contribution < 1.29 is 4.42 Å². The molecule has 0 aliphatic heterocycles. The lowest BCUT2D eigenvalue weighted by molar-refractivity contribution is 0.669. The number of rotatable bonds is 5. The van der Waals surface area contributed by atoms with E-state index in [1.54, 1.807) is 0 Å². The van der Waals surface area contributed by atoms with Crippen LogP contribution in [0.5, 0.6) is 0 Å². The number of nitrogens with zero attached hydrogens (tertiary/aromatic N) is 2. The number of nitrogens with two attached hydrogens (primary N) is 1. The molecule has 0 amide bonds. The molecule has 3 aromatic heterocycles.